The number of carbonyl (C=O) groups excluding carboxylic acids is 2. The summed E-state index contributed by atoms with van der Waals surface area (Å²) < 4.78 is 5.37. The van der Waals surface area contributed by atoms with Gasteiger partial charge < -0.3 is 15.4 Å². The lowest BCUT2D eigenvalue weighted by Crippen LogP contribution is -2.33. The molecule has 5 heteroatoms. The summed E-state index contributed by atoms with van der Waals surface area (Å²) in [5, 5.41) is 5.48. The van der Waals surface area contributed by atoms with E-state index >= 15 is 0 Å². The molecule has 132 valence electrons. The number of anilines is 1. The van der Waals surface area contributed by atoms with E-state index < -0.39 is 0 Å². The van der Waals surface area contributed by atoms with Crippen LogP contribution in [-0.2, 0) is 22.4 Å². The molecule has 2 aromatic carbocycles. The third kappa shape index (κ3) is 5.95. The standard InChI is InChI=1S/C20H24N2O3/c1-3-16-7-5-6-8-18(16)22-20(24)14-21-19(23)13-15-9-11-17(12-10-15)25-4-2/h5-12H,3-4,13-14H2,1-2H3,(H,21,23)(H,22,24). The first-order valence-electron chi connectivity index (χ1n) is 8.48. The van der Waals surface area contributed by atoms with Crippen molar-refractivity contribution in [3.8, 4) is 5.75 Å². The van der Waals surface area contributed by atoms with Crippen LogP contribution in [0.5, 0.6) is 5.75 Å². The van der Waals surface area contributed by atoms with E-state index in [1.165, 1.54) is 0 Å². The Labute approximate surface area is 148 Å². The van der Waals surface area contributed by atoms with Crippen LogP contribution in [0.4, 0.5) is 5.69 Å². The zero-order valence-corrected chi connectivity index (χ0v) is 14.7. The molecule has 0 spiro atoms. The number of para-hydroxylation sites is 1. The van der Waals surface area contributed by atoms with E-state index in [9.17, 15) is 9.59 Å². The fourth-order valence-corrected chi connectivity index (χ4v) is 2.44. The van der Waals surface area contributed by atoms with Crippen molar-refractivity contribution in [1.82, 2.24) is 5.32 Å². The molecule has 2 rings (SSSR count). The highest BCUT2D eigenvalue weighted by Gasteiger charge is 2.08. The molecule has 0 heterocycles. The van der Waals surface area contributed by atoms with Crippen LogP contribution in [0.25, 0.3) is 0 Å². The summed E-state index contributed by atoms with van der Waals surface area (Å²) in [6.45, 7) is 4.51. The average Bonchev–Trinajstić information content (AvgIpc) is 2.62. The molecule has 0 aromatic heterocycles. The molecular weight excluding hydrogens is 316 g/mol. The maximum Gasteiger partial charge on any atom is 0.243 e. The molecule has 2 aromatic rings. The van der Waals surface area contributed by atoms with Gasteiger partial charge in [-0.2, -0.15) is 0 Å². The van der Waals surface area contributed by atoms with Crippen molar-refractivity contribution >= 4 is 17.5 Å². The summed E-state index contributed by atoms with van der Waals surface area (Å²) in [6, 6.07) is 15.0. The van der Waals surface area contributed by atoms with Gasteiger partial charge in [0.05, 0.1) is 19.6 Å². The summed E-state index contributed by atoms with van der Waals surface area (Å²) in [5.74, 6) is 0.352. The van der Waals surface area contributed by atoms with Gasteiger partial charge in [-0.1, -0.05) is 37.3 Å². The zero-order chi connectivity index (χ0) is 18.1. The smallest absolute Gasteiger partial charge is 0.243 e. The molecule has 0 aliphatic rings. The lowest BCUT2D eigenvalue weighted by Gasteiger charge is -2.10. The number of rotatable bonds is 8. The highest BCUT2D eigenvalue weighted by Crippen LogP contribution is 2.15. The quantitative estimate of drug-likeness (QED) is 0.776. The van der Waals surface area contributed by atoms with Gasteiger partial charge in [-0.05, 0) is 42.7 Å². The van der Waals surface area contributed by atoms with E-state index in [2.05, 4.69) is 10.6 Å². The Kier molecular flexibility index (Phi) is 7.01. The number of hydrogen-bond acceptors (Lipinski definition) is 3. The van der Waals surface area contributed by atoms with Crippen molar-refractivity contribution in [1.29, 1.82) is 0 Å². The number of benzene rings is 2. The van der Waals surface area contributed by atoms with Crippen LogP contribution in [0.2, 0.25) is 0 Å². The second-order valence-electron chi connectivity index (χ2n) is 5.59. The van der Waals surface area contributed by atoms with Crippen molar-refractivity contribution < 1.29 is 14.3 Å². The van der Waals surface area contributed by atoms with E-state index in [-0.39, 0.29) is 24.8 Å². The Morgan fingerprint density at radius 1 is 0.960 bits per heavy atom. The minimum atomic E-state index is -0.235. The van der Waals surface area contributed by atoms with Crippen LogP contribution < -0.4 is 15.4 Å². The molecule has 0 radical (unpaired) electrons. The molecule has 0 atom stereocenters. The molecule has 0 aliphatic heterocycles. The average molecular weight is 340 g/mol. The number of aryl methyl sites for hydroxylation is 1. The number of carbonyl (C=O) groups is 2. The maximum atomic E-state index is 12.0. The van der Waals surface area contributed by atoms with Crippen molar-refractivity contribution in [2.75, 3.05) is 18.5 Å². The largest absolute Gasteiger partial charge is 0.494 e. The second-order valence-corrected chi connectivity index (χ2v) is 5.59. The third-order valence-corrected chi connectivity index (χ3v) is 3.72. The Bertz CT molecular complexity index is 711. The van der Waals surface area contributed by atoms with Gasteiger partial charge in [-0.3, -0.25) is 9.59 Å². The Morgan fingerprint density at radius 3 is 2.36 bits per heavy atom. The van der Waals surface area contributed by atoms with Gasteiger partial charge in [-0.15, -0.1) is 0 Å². The highest BCUT2D eigenvalue weighted by molar-refractivity contribution is 5.95. The monoisotopic (exact) mass is 340 g/mol. The maximum absolute atomic E-state index is 12.0. The van der Waals surface area contributed by atoms with Gasteiger partial charge in [0.2, 0.25) is 11.8 Å². The summed E-state index contributed by atoms with van der Waals surface area (Å²) in [5.41, 5.74) is 2.73. The van der Waals surface area contributed by atoms with E-state index in [4.69, 9.17) is 4.74 Å². The zero-order valence-electron chi connectivity index (χ0n) is 14.7. The van der Waals surface area contributed by atoms with Gasteiger partial charge in [0, 0.05) is 5.69 Å². The topological polar surface area (TPSA) is 67.4 Å². The molecule has 0 saturated heterocycles. The molecule has 0 fully saturated rings. The van der Waals surface area contributed by atoms with Crippen LogP contribution in [0, 0.1) is 0 Å². The van der Waals surface area contributed by atoms with Gasteiger partial charge in [0.1, 0.15) is 5.75 Å². The molecule has 2 amide bonds. The van der Waals surface area contributed by atoms with Crippen LogP contribution in [-0.4, -0.2) is 25.0 Å². The number of ether oxygens (including phenoxy) is 1. The summed E-state index contributed by atoms with van der Waals surface area (Å²) >= 11 is 0. The minimum Gasteiger partial charge on any atom is -0.494 e. The van der Waals surface area contributed by atoms with Crippen molar-refractivity contribution in [3.05, 3.63) is 59.7 Å². The molecule has 25 heavy (non-hydrogen) atoms. The molecule has 0 aliphatic carbocycles. The van der Waals surface area contributed by atoms with E-state index in [0.29, 0.717) is 6.61 Å². The molecule has 5 nitrogen and oxygen atoms in total. The van der Waals surface area contributed by atoms with Crippen LogP contribution in [0.3, 0.4) is 0 Å². The first-order valence-corrected chi connectivity index (χ1v) is 8.48. The van der Waals surface area contributed by atoms with Crippen LogP contribution in [0.1, 0.15) is 25.0 Å². The summed E-state index contributed by atoms with van der Waals surface area (Å²) in [6.07, 6.45) is 1.06. The normalized spacial score (nSPS) is 10.2. The van der Waals surface area contributed by atoms with Gasteiger partial charge in [-0.25, -0.2) is 0 Å². The summed E-state index contributed by atoms with van der Waals surface area (Å²) in [4.78, 5) is 24.0. The van der Waals surface area contributed by atoms with Crippen molar-refractivity contribution in [3.63, 3.8) is 0 Å². The molecule has 0 bridgehead atoms. The molecular formula is C20H24N2O3. The minimum absolute atomic E-state index is 0.0477. The molecule has 2 N–H and O–H groups in total. The van der Waals surface area contributed by atoms with Crippen molar-refractivity contribution in [2.24, 2.45) is 0 Å². The highest BCUT2D eigenvalue weighted by atomic mass is 16.5. The first kappa shape index (κ1) is 18.5. The van der Waals surface area contributed by atoms with Gasteiger partial charge >= 0.3 is 0 Å². The van der Waals surface area contributed by atoms with Crippen LogP contribution in [0.15, 0.2) is 48.5 Å². The number of nitrogens with one attached hydrogen (secondary N) is 2. The Balaban J connectivity index is 1.80. The predicted octanol–water partition coefficient (Wildman–Crippen LogP) is 2.95. The third-order valence-electron chi connectivity index (χ3n) is 3.72. The van der Waals surface area contributed by atoms with Crippen LogP contribution >= 0.6 is 0 Å². The Hall–Kier alpha value is -2.82. The number of hydrogen-bond donors (Lipinski definition) is 2. The first-order chi connectivity index (χ1) is 12.1. The summed E-state index contributed by atoms with van der Waals surface area (Å²) in [7, 11) is 0. The lowest BCUT2D eigenvalue weighted by atomic mass is 10.1. The Morgan fingerprint density at radius 2 is 1.68 bits per heavy atom. The van der Waals surface area contributed by atoms with Gasteiger partial charge in [0.15, 0.2) is 0 Å². The van der Waals surface area contributed by atoms with E-state index in [0.717, 1.165) is 29.0 Å². The SMILES string of the molecule is CCOc1ccc(CC(=O)NCC(=O)Nc2ccccc2CC)cc1. The predicted molar refractivity (Wildman–Crippen MR) is 98.8 cm³/mol. The van der Waals surface area contributed by atoms with Gasteiger partial charge in [0.25, 0.3) is 0 Å². The molecule has 0 saturated carbocycles. The fraction of sp³-hybridized carbons (Fsp3) is 0.300. The van der Waals surface area contributed by atoms with E-state index in [1.54, 1.807) is 0 Å². The number of amides is 2. The molecule has 0 unspecified atom stereocenters. The van der Waals surface area contributed by atoms with E-state index in [1.807, 2.05) is 62.4 Å². The van der Waals surface area contributed by atoms with Crippen molar-refractivity contribution in [2.45, 2.75) is 26.7 Å². The lowest BCUT2D eigenvalue weighted by molar-refractivity contribution is -0.123. The second kappa shape index (κ2) is 9.47. The fourth-order valence-electron chi connectivity index (χ4n) is 2.44.